The fourth-order valence-electron chi connectivity index (χ4n) is 4.30. The molecule has 0 fully saturated rings. The Balaban J connectivity index is 1.19. The van der Waals surface area contributed by atoms with E-state index in [1.165, 1.54) is 16.8 Å². The number of nitrogens with zero attached hydrogens (tertiary/aromatic N) is 2. The van der Waals surface area contributed by atoms with Gasteiger partial charge in [-0.25, -0.2) is 0 Å². The lowest BCUT2D eigenvalue weighted by Crippen LogP contribution is -2.31. The number of anilines is 2. The molecular formula is C34H29N5O4S. The molecule has 0 bridgehead atoms. The lowest BCUT2D eigenvalue weighted by Gasteiger charge is -2.12. The topological polar surface area (TPSA) is 120 Å². The molecule has 4 aromatic rings. The number of para-hydroxylation sites is 1. The van der Waals surface area contributed by atoms with Crippen LogP contribution >= 0.6 is 11.8 Å². The van der Waals surface area contributed by atoms with Gasteiger partial charge in [-0.2, -0.15) is 10.1 Å². The lowest BCUT2D eigenvalue weighted by molar-refractivity contribution is -0.117. The van der Waals surface area contributed by atoms with Gasteiger partial charge < -0.3 is 16.0 Å². The standard InChI is InChI=1S/C34H29N5O4S/c1-23-10-8-9-13-25(23)20-29(36-33(42)24-11-4-2-5-12-24)34(43)35-26-16-18-28(19-17-26)44-22-31(40)37-30-21-32(41)39(38-30)27-14-6-3-7-15-27/h2-20H,21-22H2,1H3,(H,35,43)(H,36,42)(H,37,38,40)/b29-20-. The molecule has 1 aliphatic rings. The van der Waals surface area contributed by atoms with Crippen molar-refractivity contribution in [2.75, 3.05) is 16.1 Å². The minimum atomic E-state index is -0.478. The molecule has 1 heterocycles. The van der Waals surface area contributed by atoms with Gasteiger partial charge in [0.05, 0.1) is 17.9 Å². The summed E-state index contributed by atoms with van der Waals surface area (Å²) in [5, 5.41) is 13.8. The highest BCUT2D eigenvalue weighted by atomic mass is 32.2. The Morgan fingerprint density at radius 2 is 1.50 bits per heavy atom. The Bertz CT molecular complexity index is 1740. The Kier molecular flexibility index (Phi) is 9.63. The lowest BCUT2D eigenvalue weighted by atomic mass is 10.1. The Hall–Kier alpha value is -5.48. The van der Waals surface area contributed by atoms with Crippen molar-refractivity contribution in [1.82, 2.24) is 10.6 Å². The number of thioether (sulfide) groups is 1. The van der Waals surface area contributed by atoms with Crippen LogP contribution in [-0.2, 0) is 14.4 Å². The largest absolute Gasteiger partial charge is 0.321 e. The smallest absolute Gasteiger partial charge is 0.272 e. The number of rotatable bonds is 9. The van der Waals surface area contributed by atoms with Crippen molar-refractivity contribution in [3.8, 4) is 0 Å². The maximum absolute atomic E-state index is 13.3. The molecule has 0 saturated heterocycles. The van der Waals surface area contributed by atoms with E-state index in [1.807, 2.05) is 55.5 Å². The van der Waals surface area contributed by atoms with Crippen molar-refractivity contribution in [2.45, 2.75) is 18.2 Å². The third-order valence-corrected chi connectivity index (χ3v) is 7.57. The molecule has 0 radical (unpaired) electrons. The van der Waals surface area contributed by atoms with Gasteiger partial charge >= 0.3 is 0 Å². The highest BCUT2D eigenvalue weighted by Crippen LogP contribution is 2.22. The molecule has 4 aromatic carbocycles. The summed E-state index contributed by atoms with van der Waals surface area (Å²) < 4.78 is 0. The third-order valence-electron chi connectivity index (χ3n) is 6.56. The minimum Gasteiger partial charge on any atom is -0.321 e. The highest BCUT2D eigenvalue weighted by Gasteiger charge is 2.26. The van der Waals surface area contributed by atoms with Crippen LogP contribution in [-0.4, -0.2) is 35.2 Å². The molecule has 0 spiro atoms. The highest BCUT2D eigenvalue weighted by molar-refractivity contribution is 8.00. The van der Waals surface area contributed by atoms with Crippen molar-refractivity contribution in [2.24, 2.45) is 5.10 Å². The van der Waals surface area contributed by atoms with Crippen molar-refractivity contribution in [3.05, 3.63) is 132 Å². The molecule has 0 atom stereocenters. The van der Waals surface area contributed by atoms with Crippen LogP contribution in [0, 0.1) is 6.92 Å². The molecule has 220 valence electrons. The van der Waals surface area contributed by atoms with Crippen molar-refractivity contribution in [3.63, 3.8) is 0 Å². The third kappa shape index (κ3) is 7.87. The van der Waals surface area contributed by atoms with Crippen molar-refractivity contribution >= 4 is 58.7 Å². The summed E-state index contributed by atoms with van der Waals surface area (Å²) in [6, 6.07) is 32.3. The zero-order valence-corrected chi connectivity index (χ0v) is 24.6. The van der Waals surface area contributed by atoms with E-state index in [0.29, 0.717) is 22.8 Å². The second-order valence-electron chi connectivity index (χ2n) is 9.81. The van der Waals surface area contributed by atoms with E-state index in [1.54, 1.807) is 66.7 Å². The average molecular weight is 604 g/mol. The fourth-order valence-corrected chi connectivity index (χ4v) is 4.99. The molecular weight excluding hydrogens is 574 g/mol. The molecule has 0 unspecified atom stereocenters. The second-order valence-corrected chi connectivity index (χ2v) is 10.9. The van der Waals surface area contributed by atoms with Gasteiger partial charge in [0, 0.05) is 16.1 Å². The zero-order valence-electron chi connectivity index (χ0n) is 23.8. The van der Waals surface area contributed by atoms with Crippen LogP contribution in [0.2, 0.25) is 0 Å². The number of nitrogens with one attached hydrogen (secondary N) is 3. The fraction of sp³-hybridized carbons (Fsp3) is 0.0882. The van der Waals surface area contributed by atoms with E-state index in [2.05, 4.69) is 21.1 Å². The number of amides is 4. The molecule has 10 heteroatoms. The zero-order chi connectivity index (χ0) is 30.9. The van der Waals surface area contributed by atoms with Crippen molar-refractivity contribution < 1.29 is 19.2 Å². The van der Waals surface area contributed by atoms with E-state index in [0.717, 1.165) is 16.0 Å². The SMILES string of the molecule is Cc1ccccc1/C=C(\NC(=O)c1ccccc1)C(=O)Nc1ccc(SCC(=O)NC2=NN(c3ccccc3)C(=O)C2)cc1. The molecule has 9 nitrogen and oxygen atoms in total. The number of aryl methyl sites for hydroxylation is 1. The van der Waals surface area contributed by atoms with E-state index in [4.69, 9.17) is 0 Å². The Labute approximate surface area is 259 Å². The number of carbonyl (C=O) groups is 4. The maximum atomic E-state index is 13.3. The summed E-state index contributed by atoms with van der Waals surface area (Å²) in [5.41, 5.74) is 3.45. The molecule has 5 rings (SSSR count). The summed E-state index contributed by atoms with van der Waals surface area (Å²) >= 11 is 1.31. The van der Waals surface area contributed by atoms with Gasteiger partial charge in [-0.15, -0.1) is 11.8 Å². The van der Waals surface area contributed by atoms with Crippen LogP contribution in [0.25, 0.3) is 6.08 Å². The first-order chi connectivity index (χ1) is 21.4. The summed E-state index contributed by atoms with van der Waals surface area (Å²) in [4.78, 5) is 51.8. The van der Waals surface area contributed by atoms with Gasteiger partial charge in [-0.1, -0.05) is 60.7 Å². The first kappa shape index (κ1) is 30.0. The van der Waals surface area contributed by atoms with E-state index in [9.17, 15) is 19.2 Å². The van der Waals surface area contributed by atoms with Crippen LogP contribution in [0.15, 0.2) is 125 Å². The first-order valence-corrected chi connectivity index (χ1v) is 14.8. The molecule has 1 aliphatic heterocycles. The van der Waals surface area contributed by atoms with Crippen LogP contribution in [0.4, 0.5) is 11.4 Å². The van der Waals surface area contributed by atoms with Crippen LogP contribution in [0.5, 0.6) is 0 Å². The van der Waals surface area contributed by atoms with Crippen molar-refractivity contribution in [1.29, 1.82) is 0 Å². The monoisotopic (exact) mass is 603 g/mol. The molecule has 0 saturated carbocycles. The van der Waals surface area contributed by atoms with E-state index >= 15 is 0 Å². The predicted molar refractivity (Wildman–Crippen MR) is 173 cm³/mol. The molecule has 44 heavy (non-hydrogen) atoms. The number of benzene rings is 4. The molecule has 3 N–H and O–H groups in total. The van der Waals surface area contributed by atoms with Crippen LogP contribution < -0.4 is 21.0 Å². The number of carbonyl (C=O) groups excluding carboxylic acids is 4. The summed E-state index contributed by atoms with van der Waals surface area (Å²) in [5.74, 6) is -0.960. The summed E-state index contributed by atoms with van der Waals surface area (Å²) in [7, 11) is 0. The van der Waals surface area contributed by atoms with E-state index < -0.39 is 11.8 Å². The van der Waals surface area contributed by atoms with Gasteiger partial charge in [0.15, 0.2) is 0 Å². The molecule has 0 aliphatic carbocycles. The summed E-state index contributed by atoms with van der Waals surface area (Å²) in [6.07, 6.45) is 1.67. The number of amidine groups is 1. The summed E-state index contributed by atoms with van der Waals surface area (Å²) in [6.45, 7) is 1.93. The van der Waals surface area contributed by atoms with Crippen LogP contribution in [0.1, 0.15) is 27.9 Å². The molecule has 4 amide bonds. The average Bonchev–Trinajstić information content (AvgIpc) is 3.41. The van der Waals surface area contributed by atoms with Gasteiger partial charge in [-0.05, 0) is 72.7 Å². The number of hydrazone groups is 1. The quantitative estimate of drug-likeness (QED) is 0.176. The normalized spacial score (nSPS) is 12.8. The predicted octanol–water partition coefficient (Wildman–Crippen LogP) is 5.36. The Morgan fingerprint density at radius 3 is 2.20 bits per heavy atom. The van der Waals surface area contributed by atoms with Gasteiger partial charge in [0.25, 0.3) is 17.7 Å². The number of hydrogen-bond donors (Lipinski definition) is 3. The van der Waals surface area contributed by atoms with Crippen LogP contribution in [0.3, 0.4) is 0 Å². The van der Waals surface area contributed by atoms with Gasteiger partial charge in [-0.3, -0.25) is 19.2 Å². The minimum absolute atomic E-state index is 0.0196. The van der Waals surface area contributed by atoms with E-state index in [-0.39, 0.29) is 29.7 Å². The Morgan fingerprint density at radius 1 is 0.841 bits per heavy atom. The van der Waals surface area contributed by atoms with Gasteiger partial charge in [0.1, 0.15) is 11.5 Å². The maximum Gasteiger partial charge on any atom is 0.272 e. The molecule has 0 aromatic heterocycles. The first-order valence-electron chi connectivity index (χ1n) is 13.8. The second kappa shape index (κ2) is 14.1. The number of hydrogen-bond acceptors (Lipinski definition) is 6. The van der Waals surface area contributed by atoms with Gasteiger partial charge in [0.2, 0.25) is 5.91 Å².